The fraction of sp³-hybridized carbons (Fsp3) is 0.447. The van der Waals surface area contributed by atoms with E-state index in [1.165, 1.54) is 22.5 Å². The predicted octanol–water partition coefficient (Wildman–Crippen LogP) is 6.77. The molecule has 0 fully saturated rings. The van der Waals surface area contributed by atoms with Gasteiger partial charge in [-0.2, -0.15) is 0 Å². The molecule has 21 heteroatoms. The van der Waals surface area contributed by atoms with Crippen molar-refractivity contribution in [1.29, 1.82) is 0 Å². The second-order valence-electron chi connectivity index (χ2n) is 15.6. The van der Waals surface area contributed by atoms with Crippen LogP contribution in [0.2, 0.25) is 0 Å². The van der Waals surface area contributed by atoms with Crippen LogP contribution in [0, 0.1) is 25.1 Å². The number of methoxy groups -OCH3 is 1. The molecule has 0 saturated carbocycles. The molecule has 372 valence electrons. The van der Waals surface area contributed by atoms with Gasteiger partial charge in [-0.1, -0.05) is 66.4 Å². The van der Waals surface area contributed by atoms with Crippen LogP contribution in [0.5, 0.6) is 5.75 Å². The maximum atomic E-state index is 14.7. The van der Waals surface area contributed by atoms with E-state index in [0.717, 1.165) is 47.0 Å². The number of anilines is 3. The highest BCUT2D eigenvalue weighted by atomic mass is 35.5. The largest absolute Gasteiger partial charge is 0.481 e. The molecule has 3 unspecified atom stereocenters. The Labute approximate surface area is 412 Å². The number of aliphatic carboxylic acids is 1. The molecule has 2 aromatic rings. The van der Waals surface area contributed by atoms with Crippen LogP contribution in [0.4, 0.5) is 21.5 Å². The van der Waals surface area contributed by atoms with Gasteiger partial charge in [0.25, 0.3) is 23.6 Å². The summed E-state index contributed by atoms with van der Waals surface area (Å²) in [6.07, 6.45) is 12.1. The molecule has 3 atom stereocenters. The Kier molecular flexibility index (Phi) is 24.7. The standard InChI is InChI=1S/C19H15FN2O4.C15H22ClNO2.C8H11Cl2NO.C5H12NO4P/c1-2-7-21-15-9-14(13(20)8-16(15)26-10-17(21)23)22-18(24)11-5-3-4-6-12(11)19(22)25;1-5-13-8-6-7-11(2)15(13)17(14(18)9-16)12(3)10-19-4;1-3-5-11(6-4-2)8(12)7(9)10;1-11(9,10)3-2-4(6)5(7)8/h1,8-9H,3-7,10H2;6-8,12H,5,9-10H2,1-4H3;3-4,7H,1-2,5-6H2;4H,2-3,6H2,1H3,(H,7,8)(H,9,10). The molecule has 0 aromatic heterocycles. The summed E-state index contributed by atoms with van der Waals surface area (Å²) in [5, 5.41) is 8.28. The SMILES string of the molecule is C#CCN1C(=O)COc2cc(F)c(N3C(=O)C4=C(CCCC4)C3=O)cc21.C=CCN(CC=C)C(=O)C(Cl)Cl.CCc1cccc(C)c1N(C(=O)CCl)C(C)COC.CP(=O)(O)CCC(N)C(=O)O. The van der Waals surface area contributed by atoms with Gasteiger partial charge < -0.3 is 35.0 Å². The Morgan fingerprint density at radius 3 is 2.15 bits per heavy atom. The minimum atomic E-state index is -3.10. The summed E-state index contributed by atoms with van der Waals surface area (Å²) >= 11 is 16.6. The lowest BCUT2D eigenvalue weighted by Gasteiger charge is -2.31. The molecule has 0 bridgehead atoms. The lowest BCUT2D eigenvalue weighted by Crippen LogP contribution is -2.43. The number of imide groups is 1. The summed E-state index contributed by atoms with van der Waals surface area (Å²) < 4.78 is 35.8. The van der Waals surface area contributed by atoms with Crippen LogP contribution in [-0.4, -0.2) is 126 Å². The second-order valence-corrected chi connectivity index (χ2v) is 19.5. The van der Waals surface area contributed by atoms with Crippen LogP contribution >= 0.6 is 42.2 Å². The van der Waals surface area contributed by atoms with E-state index in [-0.39, 0.29) is 72.5 Å². The Hall–Kier alpha value is -5.05. The summed E-state index contributed by atoms with van der Waals surface area (Å²) in [7, 11) is -1.47. The van der Waals surface area contributed by atoms with Crippen molar-refractivity contribution in [3.63, 3.8) is 0 Å². The van der Waals surface area contributed by atoms with E-state index in [1.807, 2.05) is 26.0 Å². The van der Waals surface area contributed by atoms with E-state index in [2.05, 4.69) is 32.1 Å². The first-order valence-electron chi connectivity index (χ1n) is 21.4. The molecule has 68 heavy (non-hydrogen) atoms. The van der Waals surface area contributed by atoms with E-state index >= 15 is 0 Å². The lowest BCUT2D eigenvalue weighted by molar-refractivity contribution is -0.138. The normalized spacial score (nSPS) is 15.5. The number of aryl methyl sites for hydroxylation is 2. The van der Waals surface area contributed by atoms with Crippen LogP contribution in [0.1, 0.15) is 57.1 Å². The molecule has 4 N–H and O–H groups in total. The molecular formula is C47H60Cl3FN5O11P. The van der Waals surface area contributed by atoms with Gasteiger partial charge >= 0.3 is 5.97 Å². The minimum Gasteiger partial charge on any atom is -0.481 e. The minimum absolute atomic E-state index is 0.0170. The van der Waals surface area contributed by atoms with Crippen molar-refractivity contribution < 1.29 is 57.2 Å². The second kappa shape index (κ2) is 28.4. The summed E-state index contributed by atoms with van der Waals surface area (Å²) in [6.45, 7) is 15.4. The van der Waals surface area contributed by atoms with E-state index in [9.17, 15) is 37.7 Å². The number of carbonyl (C=O) groups excluding carboxylic acids is 5. The van der Waals surface area contributed by atoms with Gasteiger partial charge in [0.05, 0.1) is 36.3 Å². The summed E-state index contributed by atoms with van der Waals surface area (Å²) in [5.74, 6) is -1.17. The highest BCUT2D eigenvalue weighted by Crippen LogP contribution is 2.42. The van der Waals surface area contributed by atoms with Gasteiger partial charge in [-0.25, -0.2) is 9.29 Å². The van der Waals surface area contributed by atoms with E-state index in [0.29, 0.717) is 43.7 Å². The van der Waals surface area contributed by atoms with Gasteiger partial charge in [-0.3, -0.25) is 38.2 Å². The van der Waals surface area contributed by atoms with Crippen molar-refractivity contribution in [2.45, 2.75) is 76.2 Å². The van der Waals surface area contributed by atoms with Crippen molar-refractivity contribution in [2.75, 3.05) is 73.4 Å². The van der Waals surface area contributed by atoms with Crippen LogP contribution in [0.3, 0.4) is 0 Å². The zero-order valence-corrected chi connectivity index (χ0v) is 42.0. The van der Waals surface area contributed by atoms with Crippen molar-refractivity contribution in [2.24, 2.45) is 5.73 Å². The zero-order valence-electron chi connectivity index (χ0n) is 38.9. The molecule has 2 aliphatic heterocycles. The van der Waals surface area contributed by atoms with E-state index in [4.69, 9.17) is 66.4 Å². The third-order valence-electron chi connectivity index (χ3n) is 10.4. The molecule has 3 aliphatic rings. The summed E-state index contributed by atoms with van der Waals surface area (Å²) in [6, 6.07) is 7.38. The molecular weight excluding hydrogens is 967 g/mol. The zero-order chi connectivity index (χ0) is 51.5. The highest BCUT2D eigenvalue weighted by Gasteiger charge is 2.42. The number of ether oxygens (including phenoxy) is 2. The average molecular weight is 1030 g/mol. The quantitative estimate of drug-likeness (QED) is 0.0492. The number of halogens is 4. The smallest absolute Gasteiger partial charge is 0.320 e. The number of para-hydroxylation sites is 1. The third-order valence-corrected chi connectivity index (χ3v) is 12.1. The summed E-state index contributed by atoms with van der Waals surface area (Å²) in [4.78, 5) is 84.0. The van der Waals surface area contributed by atoms with E-state index in [1.54, 1.807) is 24.2 Å². The molecule has 1 aliphatic carbocycles. The van der Waals surface area contributed by atoms with E-state index < -0.39 is 41.8 Å². The Morgan fingerprint density at radius 2 is 1.68 bits per heavy atom. The van der Waals surface area contributed by atoms with Crippen molar-refractivity contribution in [3.8, 4) is 18.1 Å². The summed E-state index contributed by atoms with van der Waals surface area (Å²) in [5.41, 5.74) is 9.29. The molecule has 5 rings (SSSR count). The number of benzene rings is 2. The fourth-order valence-electron chi connectivity index (χ4n) is 7.13. The fourth-order valence-corrected chi connectivity index (χ4v) is 8.29. The number of hydrogen-bond donors (Lipinski definition) is 3. The van der Waals surface area contributed by atoms with Gasteiger partial charge in [-0.05, 0) is 69.6 Å². The molecule has 0 spiro atoms. The average Bonchev–Trinajstić information content (AvgIpc) is 3.55. The van der Waals surface area contributed by atoms with Gasteiger partial charge in [0, 0.05) is 50.2 Å². The number of carboxylic acids is 1. The number of nitrogens with two attached hydrogens (primary N) is 1. The number of terminal acetylenes is 1. The van der Waals surface area contributed by atoms with Gasteiger partial charge in [0.2, 0.25) is 5.91 Å². The number of rotatable bonds is 17. The maximum Gasteiger partial charge on any atom is 0.320 e. The third kappa shape index (κ3) is 16.6. The van der Waals surface area contributed by atoms with Gasteiger partial charge in [0.15, 0.2) is 24.6 Å². The monoisotopic (exact) mass is 1030 g/mol. The number of carboxylic acid groups (broad SMARTS) is 1. The molecule has 16 nitrogen and oxygen atoms in total. The highest BCUT2D eigenvalue weighted by molar-refractivity contribution is 7.57. The molecule has 2 aromatic carbocycles. The van der Waals surface area contributed by atoms with Crippen LogP contribution in [-0.2, 0) is 44.5 Å². The first kappa shape index (κ1) is 59.1. The number of alkyl halides is 3. The lowest BCUT2D eigenvalue weighted by atomic mass is 9.93. The maximum absolute atomic E-state index is 14.7. The van der Waals surface area contributed by atoms with Crippen molar-refractivity contribution in [3.05, 3.63) is 83.7 Å². The predicted molar refractivity (Wildman–Crippen MR) is 264 cm³/mol. The van der Waals surface area contributed by atoms with Crippen LogP contribution in [0.15, 0.2) is 66.8 Å². The number of hydrogen-bond acceptors (Lipinski definition) is 10. The Bertz CT molecular complexity index is 2260. The van der Waals surface area contributed by atoms with Crippen LogP contribution in [0.25, 0.3) is 0 Å². The van der Waals surface area contributed by atoms with Crippen molar-refractivity contribution >= 4 is 94.7 Å². The van der Waals surface area contributed by atoms with Gasteiger partial charge in [0.1, 0.15) is 17.7 Å². The van der Waals surface area contributed by atoms with Gasteiger partial charge in [-0.15, -0.1) is 31.2 Å². The molecule has 0 radical (unpaired) electrons. The van der Waals surface area contributed by atoms with Crippen molar-refractivity contribution in [1.82, 2.24) is 4.90 Å². The molecule has 2 heterocycles. The molecule has 5 amide bonds. The topological polar surface area (TPSA) is 217 Å². The Balaban J connectivity index is 0.000000334. The molecule has 0 saturated heterocycles. The first-order valence-corrected chi connectivity index (χ1v) is 25.1. The Morgan fingerprint density at radius 1 is 1.09 bits per heavy atom. The van der Waals surface area contributed by atoms with Crippen LogP contribution < -0.4 is 25.2 Å². The number of fused-ring (bicyclic) bond motifs is 1. The number of nitrogens with zero attached hydrogens (tertiary/aromatic N) is 4. The number of carbonyl (C=O) groups is 6. The first-order chi connectivity index (χ1) is 32.0. The number of amides is 5.